The number of fused-ring (bicyclic) bond motifs is 4. The Balaban J connectivity index is 1.09. The molecule has 0 N–H and O–H groups in total. The fraction of sp³-hybridized carbons (Fsp3) is 0. The number of nitrogens with zero attached hydrogens (tertiary/aromatic N) is 2. The molecule has 0 saturated heterocycles. The third-order valence-electron chi connectivity index (χ3n) is 10.0. The van der Waals surface area contributed by atoms with Crippen LogP contribution in [0.5, 0.6) is 0 Å². The summed E-state index contributed by atoms with van der Waals surface area (Å²) in [5, 5.41) is 4.77. The van der Waals surface area contributed by atoms with Gasteiger partial charge in [-0.3, -0.25) is 0 Å². The molecule has 2 heterocycles. The maximum atomic E-state index is 5.32. The average molecular weight is 693 g/mol. The monoisotopic (exact) mass is 692 g/mol. The second kappa shape index (κ2) is 13.1. The van der Waals surface area contributed by atoms with Crippen molar-refractivity contribution in [3.63, 3.8) is 0 Å². The zero-order chi connectivity index (χ0) is 35.1. The van der Waals surface area contributed by atoms with E-state index in [1.54, 1.807) is 11.3 Å². The van der Waals surface area contributed by atoms with E-state index in [-0.39, 0.29) is 0 Å². The van der Waals surface area contributed by atoms with Crippen LogP contribution in [0.15, 0.2) is 194 Å². The highest BCUT2D eigenvalue weighted by Crippen LogP contribution is 2.42. The second-order valence-electron chi connectivity index (χ2n) is 13.4. The van der Waals surface area contributed by atoms with Gasteiger partial charge < -0.3 is 0 Å². The van der Waals surface area contributed by atoms with Crippen LogP contribution in [0, 0.1) is 0 Å². The zero-order valence-corrected chi connectivity index (χ0v) is 29.6. The van der Waals surface area contributed by atoms with E-state index in [2.05, 4.69) is 194 Å². The highest BCUT2D eigenvalue weighted by atomic mass is 32.1. The van der Waals surface area contributed by atoms with Gasteiger partial charge in [-0.05, 0) is 97.7 Å². The Morgan fingerprint density at radius 2 is 0.755 bits per heavy atom. The van der Waals surface area contributed by atoms with Crippen LogP contribution in [0.1, 0.15) is 0 Å². The first-order valence-corrected chi connectivity index (χ1v) is 18.7. The predicted molar refractivity (Wildman–Crippen MR) is 225 cm³/mol. The van der Waals surface area contributed by atoms with Gasteiger partial charge in [-0.2, -0.15) is 0 Å². The Kier molecular flexibility index (Phi) is 7.71. The van der Waals surface area contributed by atoms with E-state index in [4.69, 9.17) is 9.97 Å². The predicted octanol–water partition coefficient (Wildman–Crippen LogP) is 14.0. The third kappa shape index (κ3) is 5.87. The molecule has 0 bridgehead atoms. The molecule has 0 aliphatic carbocycles. The van der Waals surface area contributed by atoms with Crippen molar-refractivity contribution in [1.82, 2.24) is 9.97 Å². The first-order chi connectivity index (χ1) is 26.2. The van der Waals surface area contributed by atoms with Crippen LogP contribution >= 0.6 is 11.3 Å². The van der Waals surface area contributed by atoms with E-state index < -0.39 is 0 Å². The van der Waals surface area contributed by atoms with E-state index in [1.807, 2.05) is 0 Å². The first kappa shape index (κ1) is 31.1. The van der Waals surface area contributed by atoms with Gasteiger partial charge in [0.05, 0.1) is 5.69 Å². The van der Waals surface area contributed by atoms with Crippen molar-refractivity contribution in [1.29, 1.82) is 0 Å². The SMILES string of the molecule is c1ccc(-c2cc(-c3ccccc3)cc(-c3cccc(-c4cccc(-c5nc(-c6ccccc6)c6c(n5)sc5cc7ccccc7cc56)c4)c3)c2)cc1. The molecule has 0 spiro atoms. The summed E-state index contributed by atoms with van der Waals surface area (Å²) in [5.41, 5.74) is 12.5. The minimum atomic E-state index is 0.730. The minimum Gasteiger partial charge on any atom is -0.227 e. The van der Waals surface area contributed by atoms with Crippen molar-refractivity contribution in [2.45, 2.75) is 0 Å². The highest BCUT2D eigenvalue weighted by molar-refractivity contribution is 7.25. The van der Waals surface area contributed by atoms with Crippen LogP contribution in [0.2, 0.25) is 0 Å². The quantitative estimate of drug-likeness (QED) is 0.173. The summed E-state index contributed by atoms with van der Waals surface area (Å²) in [5.74, 6) is 0.730. The fourth-order valence-electron chi connectivity index (χ4n) is 7.40. The maximum absolute atomic E-state index is 5.32. The van der Waals surface area contributed by atoms with Crippen molar-refractivity contribution in [3.8, 4) is 67.2 Å². The van der Waals surface area contributed by atoms with E-state index in [1.165, 1.54) is 54.2 Å². The van der Waals surface area contributed by atoms with Gasteiger partial charge in [0.2, 0.25) is 0 Å². The van der Waals surface area contributed by atoms with E-state index >= 15 is 0 Å². The standard InChI is InChI=1S/C50H32N2S/c1-4-14-33(15-5-1)42-28-43(34-16-6-2-7-17-34)30-44(29-42)38-24-12-22-36(26-38)37-23-13-25-41(27-37)49-51-48(35-18-8-3-9-19-35)47-45-31-39-20-10-11-21-40(39)32-46(45)53-50(47)52-49/h1-32H. The summed E-state index contributed by atoms with van der Waals surface area (Å²) >= 11 is 1.74. The summed E-state index contributed by atoms with van der Waals surface area (Å²) < 4.78 is 1.22. The van der Waals surface area contributed by atoms with Gasteiger partial charge in [0.15, 0.2) is 5.82 Å². The molecule has 0 amide bonds. The van der Waals surface area contributed by atoms with Gasteiger partial charge in [0, 0.05) is 26.6 Å². The lowest BCUT2D eigenvalue weighted by atomic mass is 9.92. The summed E-state index contributed by atoms with van der Waals surface area (Å²) in [4.78, 5) is 11.6. The molecular formula is C50H32N2S. The number of hydrogen-bond donors (Lipinski definition) is 0. The van der Waals surface area contributed by atoms with Gasteiger partial charge in [0.1, 0.15) is 4.83 Å². The second-order valence-corrected chi connectivity index (χ2v) is 14.5. The molecule has 0 aliphatic heterocycles. The highest BCUT2D eigenvalue weighted by Gasteiger charge is 2.18. The van der Waals surface area contributed by atoms with Crippen LogP contribution < -0.4 is 0 Å². The Morgan fingerprint density at radius 1 is 0.321 bits per heavy atom. The van der Waals surface area contributed by atoms with Crippen molar-refractivity contribution in [2.24, 2.45) is 0 Å². The first-order valence-electron chi connectivity index (χ1n) is 17.9. The Morgan fingerprint density at radius 3 is 1.36 bits per heavy atom. The van der Waals surface area contributed by atoms with Crippen molar-refractivity contribution in [2.75, 3.05) is 0 Å². The normalized spacial score (nSPS) is 11.4. The average Bonchev–Trinajstić information content (AvgIpc) is 3.60. The molecule has 0 unspecified atom stereocenters. The fourth-order valence-corrected chi connectivity index (χ4v) is 8.51. The lowest BCUT2D eigenvalue weighted by molar-refractivity contribution is 1.24. The van der Waals surface area contributed by atoms with Gasteiger partial charge >= 0.3 is 0 Å². The lowest BCUT2D eigenvalue weighted by Gasteiger charge is -2.13. The summed E-state index contributed by atoms with van der Waals surface area (Å²) in [6.45, 7) is 0. The maximum Gasteiger partial charge on any atom is 0.161 e. The van der Waals surface area contributed by atoms with E-state index in [0.29, 0.717) is 0 Å². The third-order valence-corrected chi connectivity index (χ3v) is 11.1. The van der Waals surface area contributed by atoms with Crippen LogP contribution in [0.4, 0.5) is 0 Å². The number of thiophene rings is 1. The Bertz CT molecular complexity index is 2870. The molecule has 0 saturated carbocycles. The smallest absolute Gasteiger partial charge is 0.161 e. The molecule has 2 aromatic heterocycles. The molecule has 0 aliphatic rings. The van der Waals surface area contributed by atoms with Gasteiger partial charge in [-0.25, -0.2) is 9.97 Å². The van der Waals surface area contributed by atoms with Crippen molar-refractivity contribution < 1.29 is 0 Å². The zero-order valence-electron chi connectivity index (χ0n) is 28.8. The van der Waals surface area contributed by atoms with Crippen LogP contribution in [-0.4, -0.2) is 9.97 Å². The van der Waals surface area contributed by atoms with E-state index in [0.717, 1.165) is 44.0 Å². The number of rotatable bonds is 6. The molecule has 10 rings (SSSR count). The summed E-state index contributed by atoms with van der Waals surface area (Å²) in [6, 6.07) is 69.3. The molecule has 0 radical (unpaired) electrons. The van der Waals surface area contributed by atoms with Crippen molar-refractivity contribution in [3.05, 3.63) is 194 Å². The lowest BCUT2D eigenvalue weighted by Crippen LogP contribution is -1.94. The van der Waals surface area contributed by atoms with Gasteiger partial charge in [-0.1, -0.05) is 152 Å². The summed E-state index contributed by atoms with van der Waals surface area (Å²) in [6.07, 6.45) is 0. The van der Waals surface area contributed by atoms with E-state index in [9.17, 15) is 0 Å². The molecule has 2 nitrogen and oxygen atoms in total. The Labute approximate surface area is 312 Å². The Hall–Kier alpha value is -6.68. The summed E-state index contributed by atoms with van der Waals surface area (Å²) in [7, 11) is 0. The molecule has 248 valence electrons. The molecule has 8 aromatic carbocycles. The topological polar surface area (TPSA) is 25.8 Å². The van der Waals surface area contributed by atoms with Crippen LogP contribution in [-0.2, 0) is 0 Å². The molecule has 3 heteroatoms. The van der Waals surface area contributed by atoms with Gasteiger partial charge in [-0.15, -0.1) is 11.3 Å². The minimum absolute atomic E-state index is 0.730. The number of aromatic nitrogens is 2. The molecule has 0 fully saturated rings. The molecular weight excluding hydrogens is 661 g/mol. The van der Waals surface area contributed by atoms with Crippen LogP contribution in [0.3, 0.4) is 0 Å². The number of benzene rings is 8. The van der Waals surface area contributed by atoms with Gasteiger partial charge in [0.25, 0.3) is 0 Å². The van der Waals surface area contributed by atoms with Crippen molar-refractivity contribution >= 4 is 42.4 Å². The number of hydrogen-bond acceptors (Lipinski definition) is 3. The molecule has 0 atom stereocenters. The van der Waals surface area contributed by atoms with Crippen LogP contribution in [0.25, 0.3) is 98.2 Å². The molecule has 53 heavy (non-hydrogen) atoms. The largest absolute Gasteiger partial charge is 0.227 e. The molecule has 10 aromatic rings.